The average molecular weight is 296 g/mol. The van der Waals surface area contributed by atoms with E-state index in [9.17, 15) is 8.42 Å². The normalized spacial score (nSPS) is 17.1. The van der Waals surface area contributed by atoms with E-state index in [-0.39, 0.29) is 6.04 Å². The highest BCUT2D eigenvalue weighted by Gasteiger charge is 2.21. The van der Waals surface area contributed by atoms with E-state index in [2.05, 4.69) is 17.0 Å². The SMILES string of the molecule is CCCNc1ccc(S(=O)(=O)NC2CCCCC2)cc1. The molecule has 0 amide bonds. The van der Waals surface area contributed by atoms with Crippen LogP contribution in [0.1, 0.15) is 45.4 Å². The molecule has 1 fully saturated rings. The molecule has 112 valence electrons. The summed E-state index contributed by atoms with van der Waals surface area (Å²) >= 11 is 0. The lowest BCUT2D eigenvalue weighted by Gasteiger charge is -2.22. The molecule has 1 aliphatic carbocycles. The average Bonchev–Trinajstić information content (AvgIpc) is 2.46. The van der Waals surface area contributed by atoms with Crippen LogP contribution in [0.4, 0.5) is 5.69 Å². The van der Waals surface area contributed by atoms with Gasteiger partial charge in [-0.2, -0.15) is 0 Å². The lowest BCUT2D eigenvalue weighted by atomic mass is 9.96. The Morgan fingerprint density at radius 1 is 1.10 bits per heavy atom. The van der Waals surface area contributed by atoms with Gasteiger partial charge in [-0.15, -0.1) is 0 Å². The molecule has 4 nitrogen and oxygen atoms in total. The van der Waals surface area contributed by atoms with Crippen LogP contribution in [0.2, 0.25) is 0 Å². The van der Waals surface area contributed by atoms with Gasteiger partial charge in [0.1, 0.15) is 0 Å². The molecule has 1 aromatic rings. The number of anilines is 1. The van der Waals surface area contributed by atoms with Crippen molar-refractivity contribution in [3.8, 4) is 0 Å². The third-order valence-electron chi connectivity index (χ3n) is 3.67. The van der Waals surface area contributed by atoms with Gasteiger partial charge in [0.2, 0.25) is 10.0 Å². The van der Waals surface area contributed by atoms with Crippen molar-refractivity contribution in [2.24, 2.45) is 0 Å². The fraction of sp³-hybridized carbons (Fsp3) is 0.600. The van der Waals surface area contributed by atoms with Crippen LogP contribution in [0.15, 0.2) is 29.2 Å². The maximum Gasteiger partial charge on any atom is 0.240 e. The van der Waals surface area contributed by atoms with Crippen LogP contribution in [0.25, 0.3) is 0 Å². The molecule has 1 aliphatic rings. The molecule has 20 heavy (non-hydrogen) atoms. The molecular weight excluding hydrogens is 272 g/mol. The third-order valence-corrected chi connectivity index (χ3v) is 5.21. The predicted molar refractivity (Wildman–Crippen MR) is 82.4 cm³/mol. The monoisotopic (exact) mass is 296 g/mol. The highest BCUT2D eigenvalue weighted by molar-refractivity contribution is 7.89. The summed E-state index contributed by atoms with van der Waals surface area (Å²) < 4.78 is 27.4. The summed E-state index contributed by atoms with van der Waals surface area (Å²) in [5.41, 5.74) is 0.962. The molecule has 0 atom stereocenters. The first-order valence-electron chi connectivity index (χ1n) is 7.48. The predicted octanol–water partition coefficient (Wildman–Crippen LogP) is 3.12. The zero-order valence-corrected chi connectivity index (χ0v) is 12.9. The maximum atomic E-state index is 12.3. The summed E-state index contributed by atoms with van der Waals surface area (Å²) in [6.07, 6.45) is 6.41. The van der Waals surface area contributed by atoms with Gasteiger partial charge in [0.15, 0.2) is 0 Å². The van der Waals surface area contributed by atoms with E-state index in [4.69, 9.17) is 0 Å². The number of nitrogens with one attached hydrogen (secondary N) is 2. The van der Waals surface area contributed by atoms with Gasteiger partial charge < -0.3 is 5.32 Å². The van der Waals surface area contributed by atoms with E-state index in [1.165, 1.54) is 6.42 Å². The van der Waals surface area contributed by atoms with Crippen LogP contribution in [-0.4, -0.2) is 21.0 Å². The van der Waals surface area contributed by atoms with Gasteiger partial charge in [-0.3, -0.25) is 0 Å². The molecule has 0 aliphatic heterocycles. The molecule has 0 unspecified atom stereocenters. The molecule has 0 bridgehead atoms. The van der Waals surface area contributed by atoms with Gasteiger partial charge in [-0.05, 0) is 43.5 Å². The summed E-state index contributed by atoms with van der Waals surface area (Å²) in [6, 6.07) is 7.09. The van der Waals surface area contributed by atoms with Crippen molar-refractivity contribution >= 4 is 15.7 Å². The Morgan fingerprint density at radius 2 is 1.75 bits per heavy atom. The van der Waals surface area contributed by atoms with E-state index in [1.807, 2.05) is 12.1 Å². The first kappa shape index (κ1) is 15.3. The Labute approximate surface area is 122 Å². The summed E-state index contributed by atoms with van der Waals surface area (Å²) in [4.78, 5) is 0.352. The van der Waals surface area contributed by atoms with Crippen molar-refractivity contribution in [1.82, 2.24) is 4.72 Å². The Bertz CT molecular complexity index is 505. The number of rotatable bonds is 6. The highest BCUT2D eigenvalue weighted by atomic mass is 32.2. The lowest BCUT2D eigenvalue weighted by molar-refractivity contribution is 0.412. The Hall–Kier alpha value is -1.07. The van der Waals surface area contributed by atoms with Crippen LogP contribution < -0.4 is 10.0 Å². The Balaban J connectivity index is 2.01. The molecule has 0 saturated heterocycles. The van der Waals surface area contributed by atoms with Crippen molar-refractivity contribution in [3.63, 3.8) is 0 Å². The second kappa shape index (κ2) is 7.09. The Morgan fingerprint density at radius 3 is 2.35 bits per heavy atom. The summed E-state index contributed by atoms with van der Waals surface area (Å²) in [7, 11) is -3.37. The van der Waals surface area contributed by atoms with Crippen molar-refractivity contribution < 1.29 is 8.42 Å². The maximum absolute atomic E-state index is 12.3. The minimum absolute atomic E-state index is 0.103. The van der Waals surface area contributed by atoms with E-state index in [0.29, 0.717) is 4.90 Å². The van der Waals surface area contributed by atoms with Crippen molar-refractivity contribution in [2.45, 2.75) is 56.4 Å². The summed E-state index contributed by atoms with van der Waals surface area (Å²) in [5, 5.41) is 3.24. The van der Waals surface area contributed by atoms with Gasteiger partial charge in [0.25, 0.3) is 0 Å². The number of hydrogen-bond acceptors (Lipinski definition) is 3. The van der Waals surface area contributed by atoms with Crippen LogP contribution in [0, 0.1) is 0 Å². The van der Waals surface area contributed by atoms with E-state index in [0.717, 1.165) is 44.3 Å². The summed E-state index contributed by atoms with van der Waals surface area (Å²) in [6.45, 7) is 2.99. The zero-order valence-electron chi connectivity index (χ0n) is 12.1. The minimum atomic E-state index is -3.37. The second-order valence-electron chi connectivity index (χ2n) is 5.41. The smallest absolute Gasteiger partial charge is 0.240 e. The first-order chi connectivity index (χ1) is 9.62. The van der Waals surface area contributed by atoms with Crippen molar-refractivity contribution in [1.29, 1.82) is 0 Å². The van der Waals surface area contributed by atoms with E-state index >= 15 is 0 Å². The first-order valence-corrected chi connectivity index (χ1v) is 8.96. The van der Waals surface area contributed by atoms with Crippen LogP contribution in [0.5, 0.6) is 0 Å². The fourth-order valence-electron chi connectivity index (χ4n) is 2.53. The quantitative estimate of drug-likeness (QED) is 0.848. The topological polar surface area (TPSA) is 58.2 Å². The van der Waals surface area contributed by atoms with Gasteiger partial charge >= 0.3 is 0 Å². The number of hydrogen-bond donors (Lipinski definition) is 2. The molecule has 0 radical (unpaired) electrons. The Kier molecular flexibility index (Phi) is 5.43. The largest absolute Gasteiger partial charge is 0.385 e. The minimum Gasteiger partial charge on any atom is -0.385 e. The molecule has 0 heterocycles. The highest BCUT2D eigenvalue weighted by Crippen LogP contribution is 2.20. The molecule has 1 aromatic carbocycles. The van der Waals surface area contributed by atoms with Gasteiger partial charge in [-0.1, -0.05) is 26.2 Å². The molecule has 0 aromatic heterocycles. The zero-order chi connectivity index (χ0) is 14.4. The third kappa shape index (κ3) is 4.21. The number of sulfonamides is 1. The summed E-state index contributed by atoms with van der Waals surface area (Å²) in [5.74, 6) is 0. The van der Waals surface area contributed by atoms with Gasteiger partial charge in [0.05, 0.1) is 4.90 Å². The van der Waals surface area contributed by atoms with Crippen LogP contribution in [-0.2, 0) is 10.0 Å². The molecule has 2 rings (SSSR count). The van der Waals surface area contributed by atoms with Crippen LogP contribution in [0.3, 0.4) is 0 Å². The van der Waals surface area contributed by atoms with Crippen molar-refractivity contribution in [3.05, 3.63) is 24.3 Å². The molecule has 5 heteroatoms. The number of benzene rings is 1. The molecular formula is C15H24N2O2S. The van der Waals surface area contributed by atoms with Gasteiger partial charge in [-0.25, -0.2) is 13.1 Å². The molecule has 0 spiro atoms. The van der Waals surface area contributed by atoms with Crippen molar-refractivity contribution in [2.75, 3.05) is 11.9 Å². The second-order valence-corrected chi connectivity index (χ2v) is 7.12. The fourth-order valence-corrected chi connectivity index (χ4v) is 3.83. The van der Waals surface area contributed by atoms with E-state index in [1.54, 1.807) is 12.1 Å². The van der Waals surface area contributed by atoms with E-state index < -0.39 is 10.0 Å². The lowest BCUT2D eigenvalue weighted by Crippen LogP contribution is -2.36. The molecule has 1 saturated carbocycles. The standard InChI is InChI=1S/C15H24N2O2S/c1-2-12-16-13-8-10-15(11-9-13)20(18,19)17-14-6-4-3-5-7-14/h8-11,14,16-17H,2-7,12H2,1H3. The van der Waals surface area contributed by atoms with Gasteiger partial charge in [0, 0.05) is 18.3 Å². The molecule has 2 N–H and O–H groups in total. The van der Waals surface area contributed by atoms with Crippen LogP contribution >= 0.6 is 0 Å².